The fraction of sp³-hybridized carbons (Fsp3) is 0.462. The van der Waals surface area contributed by atoms with Crippen molar-refractivity contribution in [1.82, 2.24) is 0 Å². The van der Waals surface area contributed by atoms with Gasteiger partial charge in [0.15, 0.2) is 15.6 Å². The van der Waals surface area contributed by atoms with Crippen LogP contribution in [0.1, 0.15) is 62.4 Å². The van der Waals surface area contributed by atoms with Crippen LogP contribution in [0.25, 0.3) is 0 Å². The predicted octanol–water partition coefficient (Wildman–Crippen LogP) is 4.58. The highest BCUT2D eigenvalue weighted by Crippen LogP contribution is 2.47. The molecule has 0 aromatic heterocycles. The molecule has 1 saturated carbocycles. The van der Waals surface area contributed by atoms with E-state index in [1.54, 1.807) is 11.0 Å². The summed E-state index contributed by atoms with van der Waals surface area (Å²) in [5, 5.41) is 0. The Bertz CT molecular complexity index is 1260. The number of Topliss-reactive ketones (excluding diaryl/α,β-unsaturated/α-hetero) is 1. The molecule has 174 valence electrons. The maximum absolute atomic E-state index is 13.4. The standard InChI is InChI=1S/C26H29NO5S/c1-25(2)21-13-17(23(28)15-26(3)11-12-33(30,31)16-26)7-10-22(21)27(24(25)29)18-5-4-6-20(14-18)32-19-8-9-19/h4-7,10,13-14,19H,8-9,11-12,15-16H2,1-3H3/t26-/m1/s1. The van der Waals surface area contributed by atoms with Gasteiger partial charge in [-0.1, -0.05) is 13.0 Å². The monoisotopic (exact) mass is 467 g/mol. The lowest BCUT2D eigenvalue weighted by Crippen LogP contribution is -2.33. The second-order valence-electron chi connectivity index (χ2n) is 10.6. The van der Waals surface area contributed by atoms with Gasteiger partial charge in [0.05, 0.1) is 34.4 Å². The molecule has 1 saturated heterocycles. The minimum absolute atomic E-state index is 0.0493. The molecule has 5 rings (SSSR count). The summed E-state index contributed by atoms with van der Waals surface area (Å²) in [4.78, 5) is 28.3. The number of anilines is 2. The molecule has 2 fully saturated rings. The van der Waals surface area contributed by atoms with Crippen molar-refractivity contribution in [3.8, 4) is 5.75 Å². The normalized spacial score (nSPS) is 25.2. The molecule has 0 spiro atoms. The number of sulfone groups is 1. The van der Waals surface area contributed by atoms with Gasteiger partial charge in [-0.2, -0.15) is 0 Å². The van der Waals surface area contributed by atoms with Crippen molar-refractivity contribution in [1.29, 1.82) is 0 Å². The highest BCUT2D eigenvalue weighted by Gasteiger charge is 2.45. The fourth-order valence-corrected chi connectivity index (χ4v) is 7.20. The second kappa shape index (κ2) is 7.42. The molecule has 0 radical (unpaired) electrons. The Hall–Kier alpha value is -2.67. The lowest BCUT2D eigenvalue weighted by atomic mass is 9.81. The molecule has 3 aliphatic rings. The number of fused-ring (bicyclic) bond motifs is 1. The van der Waals surface area contributed by atoms with Crippen LogP contribution in [0, 0.1) is 5.41 Å². The zero-order chi connectivity index (χ0) is 23.6. The molecule has 1 aliphatic carbocycles. The van der Waals surface area contributed by atoms with Crippen molar-refractivity contribution in [2.75, 3.05) is 16.4 Å². The van der Waals surface area contributed by atoms with Gasteiger partial charge in [0.2, 0.25) is 5.91 Å². The average molecular weight is 468 g/mol. The minimum atomic E-state index is -3.08. The van der Waals surface area contributed by atoms with Crippen molar-refractivity contribution >= 4 is 32.9 Å². The van der Waals surface area contributed by atoms with E-state index in [4.69, 9.17) is 4.74 Å². The summed E-state index contributed by atoms with van der Waals surface area (Å²) < 4.78 is 29.8. The summed E-state index contributed by atoms with van der Waals surface area (Å²) in [6.45, 7) is 5.62. The Morgan fingerprint density at radius 1 is 1.12 bits per heavy atom. The average Bonchev–Trinajstić information content (AvgIpc) is 3.47. The Labute approximate surface area is 194 Å². The number of hydrogen-bond donors (Lipinski definition) is 0. The fourth-order valence-electron chi connectivity index (χ4n) is 4.95. The highest BCUT2D eigenvalue weighted by molar-refractivity contribution is 7.91. The first kappa shape index (κ1) is 22.1. The van der Waals surface area contributed by atoms with Gasteiger partial charge in [0, 0.05) is 18.1 Å². The molecule has 2 aromatic rings. The summed E-state index contributed by atoms with van der Waals surface area (Å²) >= 11 is 0. The predicted molar refractivity (Wildman–Crippen MR) is 127 cm³/mol. The Balaban J connectivity index is 1.45. The molecule has 7 heteroatoms. The number of ether oxygens (including phenoxy) is 1. The van der Waals surface area contributed by atoms with Crippen LogP contribution in [-0.4, -0.2) is 37.7 Å². The summed E-state index contributed by atoms with van der Waals surface area (Å²) in [5.74, 6) is 0.799. The number of hydrogen-bond acceptors (Lipinski definition) is 5. The van der Waals surface area contributed by atoms with E-state index in [0.29, 0.717) is 12.0 Å². The largest absolute Gasteiger partial charge is 0.490 e. The van der Waals surface area contributed by atoms with Crippen molar-refractivity contribution < 1.29 is 22.7 Å². The molecule has 1 atom stereocenters. The van der Waals surface area contributed by atoms with Gasteiger partial charge in [0.1, 0.15) is 5.75 Å². The Morgan fingerprint density at radius 3 is 2.55 bits per heavy atom. The third kappa shape index (κ3) is 4.07. The van der Waals surface area contributed by atoms with Gasteiger partial charge in [-0.05, 0) is 74.4 Å². The van der Waals surface area contributed by atoms with E-state index in [0.717, 1.165) is 35.5 Å². The van der Waals surface area contributed by atoms with Crippen molar-refractivity contribution in [2.24, 2.45) is 5.41 Å². The Morgan fingerprint density at radius 2 is 1.88 bits per heavy atom. The number of amides is 1. The quantitative estimate of drug-likeness (QED) is 0.581. The van der Waals surface area contributed by atoms with E-state index in [1.807, 2.05) is 57.2 Å². The minimum Gasteiger partial charge on any atom is -0.490 e. The summed E-state index contributed by atoms with van der Waals surface area (Å²) in [6, 6.07) is 13.0. The lowest BCUT2D eigenvalue weighted by molar-refractivity contribution is -0.121. The summed E-state index contributed by atoms with van der Waals surface area (Å²) in [6.07, 6.45) is 3.07. The molecule has 6 nitrogen and oxygen atoms in total. The third-order valence-corrected chi connectivity index (χ3v) is 9.01. The van der Waals surface area contributed by atoms with E-state index in [9.17, 15) is 18.0 Å². The summed E-state index contributed by atoms with van der Waals surface area (Å²) in [7, 11) is -3.08. The SMILES string of the molecule is CC1(C)C(=O)N(c2cccc(OC3CC3)c2)c2ccc(C(=O)C[C@@]3(C)CCS(=O)(=O)C3)cc21. The highest BCUT2D eigenvalue weighted by atomic mass is 32.2. The van der Waals surface area contributed by atoms with E-state index in [1.165, 1.54) is 0 Å². The van der Waals surface area contributed by atoms with Crippen LogP contribution in [0.4, 0.5) is 11.4 Å². The Kier molecular flexibility index (Phi) is 4.98. The van der Waals surface area contributed by atoms with Gasteiger partial charge in [-0.15, -0.1) is 0 Å². The molecular formula is C26H29NO5S. The van der Waals surface area contributed by atoms with Crippen molar-refractivity contribution in [3.63, 3.8) is 0 Å². The van der Waals surface area contributed by atoms with Gasteiger partial charge in [0.25, 0.3) is 0 Å². The number of ketones is 1. The van der Waals surface area contributed by atoms with Gasteiger partial charge >= 0.3 is 0 Å². The van der Waals surface area contributed by atoms with E-state index >= 15 is 0 Å². The molecule has 0 bridgehead atoms. The first-order valence-electron chi connectivity index (χ1n) is 11.5. The molecule has 1 amide bonds. The number of carbonyl (C=O) groups is 2. The molecule has 2 aliphatic heterocycles. The molecule has 2 heterocycles. The molecule has 0 N–H and O–H groups in total. The number of nitrogens with zero attached hydrogens (tertiary/aromatic N) is 1. The van der Waals surface area contributed by atoms with Crippen molar-refractivity contribution in [3.05, 3.63) is 53.6 Å². The molecule has 0 unspecified atom stereocenters. The van der Waals surface area contributed by atoms with Crippen LogP contribution >= 0.6 is 0 Å². The van der Waals surface area contributed by atoms with Crippen molar-refractivity contribution in [2.45, 2.75) is 58.0 Å². The number of rotatable bonds is 6. The lowest BCUT2D eigenvalue weighted by Gasteiger charge is -2.21. The van der Waals surface area contributed by atoms with E-state index in [2.05, 4.69) is 0 Å². The topological polar surface area (TPSA) is 80.8 Å². The summed E-state index contributed by atoms with van der Waals surface area (Å²) in [5.41, 5.74) is 1.50. The molecule has 2 aromatic carbocycles. The number of benzene rings is 2. The van der Waals surface area contributed by atoms with Crippen LogP contribution in [0.3, 0.4) is 0 Å². The van der Waals surface area contributed by atoms with Gasteiger partial charge < -0.3 is 4.74 Å². The zero-order valence-corrected chi connectivity index (χ0v) is 20.1. The van der Waals surface area contributed by atoms with Crippen LogP contribution < -0.4 is 9.64 Å². The van der Waals surface area contributed by atoms with Crippen LogP contribution in [-0.2, 0) is 20.0 Å². The van der Waals surface area contributed by atoms with Crippen LogP contribution in [0.15, 0.2) is 42.5 Å². The zero-order valence-electron chi connectivity index (χ0n) is 19.3. The van der Waals surface area contributed by atoms with Crippen LogP contribution in [0.2, 0.25) is 0 Å². The van der Waals surface area contributed by atoms with Gasteiger partial charge in [-0.25, -0.2) is 8.42 Å². The molecular weight excluding hydrogens is 438 g/mol. The third-order valence-electron chi connectivity index (χ3n) is 7.05. The second-order valence-corrected chi connectivity index (χ2v) is 12.7. The van der Waals surface area contributed by atoms with E-state index < -0.39 is 20.7 Å². The first-order chi connectivity index (χ1) is 15.5. The smallest absolute Gasteiger partial charge is 0.241 e. The van der Waals surface area contributed by atoms with E-state index in [-0.39, 0.29) is 35.7 Å². The molecule has 33 heavy (non-hydrogen) atoms. The first-order valence-corrected chi connectivity index (χ1v) is 13.3. The van der Waals surface area contributed by atoms with Gasteiger partial charge in [-0.3, -0.25) is 14.5 Å². The maximum Gasteiger partial charge on any atom is 0.241 e. The number of carbonyl (C=O) groups excluding carboxylic acids is 2. The van der Waals surface area contributed by atoms with Crippen LogP contribution in [0.5, 0.6) is 5.75 Å². The maximum atomic E-state index is 13.4.